The third-order valence-corrected chi connectivity index (χ3v) is 5.06. The number of hydrogen-bond acceptors (Lipinski definition) is 3. The molecule has 1 amide bonds. The molecule has 134 valence electrons. The molecule has 2 N–H and O–H groups in total. The average Bonchev–Trinajstić information content (AvgIpc) is 2.91. The Morgan fingerprint density at radius 3 is 2.76 bits per heavy atom. The van der Waals surface area contributed by atoms with Crippen molar-refractivity contribution in [1.29, 1.82) is 0 Å². The number of aromatic nitrogens is 1. The fourth-order valence-electron chi connectivity index (χ4n) is 3.43. The molecule has 2 aromatic rings. The molecule has 1 saturated carbocycles. The zero-order valence-corrected chi connectivity index (χ0v) is 14.5. The van der Waals surface area contributed by atoms with E-state index in [2.05, 4.69) is 5.32 Å². The van der Waals surface area contributed by atoms with Crippen molar-refractivity contribution < 1.29 is 19.4 Å². The summed E-state index contributed by atoms with van der Waals surface area (Å²) in [6.07, 6.45) is 5.40. The third-order valence-electron chi connectivity index (χ3n) is 5.06. The summed E-state index contributed by atoms with van der Waals surface area (Å²) in [5.74, 6) is -0.820. The molecular formula is C19H24N2O4. The molecule has 3 rings (SSSR count). The Hall–Kier alpha value is -2.34. The number of ether oxygens (including phenoxy) is 1. The second-order valence-electron chi connectivity index (χ2n) is 6.65. The number of carboxylic acid groups (broad SMARTS) is 1. The normalized spacial score (nSPS) is 15.7. The molecule has 0 saturated heterocycles. The molecule has 1 aromatic carbocycles. The molecule has 1 aliphatic rings. The van der Waals surface area contributed by atoms with E-state index < -0.39 is 5.97 Å². The Kier molecular flexibility index (Phi) is 5.08. The summed E-state index contributed by atoms with van der Waals surface area (Å²) in [6, 6.07) is 7.43. The van der Waals surface area contributed by atoms with Crippen LogP contribution < -0.4 is 5.32 Å². The van der Waals surface area contributed by atoms with Gasteiger partial charge < -0.3 is 19.7 Å². The van der Waals surface area contributed by atoms with Gasteiger partial charge in [0.1, 0.15) is 6.54 Å². The standard InChI is InChI=1S/C19H24N2O4/c1-2-25-11-9-19(7-3-8-19)18(24)20-15-4-5-16-14(12-15)6-10-21(16)13-17(22)23/h4-6,10,12H,2-3,7-9,11,13H2,1H3,(H,20,24)(H,22,23). The predicted molar refractivity (Wildman–Crippen MR) is 95.6 cm³/mol. The van der Waals surface area contributed by atoms with Crippen LogP contribution in [0.1, 0.15) is 32.6 Å². The molecule has 6 nitrogen and oxygen atoms in total. The summed E-state index contributed by atoms with van der Waals surface area (Å²) in [7, 11) is 0. The molecule has 1 aliphatic carbocycles. The van der Waals surface area contributed by atoms with Crippen LogP contribution in [0.3, 0.4) is 0 Å². The van der Waals surface area contributed by atoms with Gasteiger partial charge in [0.05, 0.1) is 5.41 Å². The fraction of sp³-hybridized carbons (Fsp3) is 0.474. The SMILES string of the molecule is CCOCCC1(C(=O)Nc2ccc3c(ccn3CC(=O)O)c2)CCC1. The van der Waals surface area contributed by atoms with E-state index in [0.29, 0.717) is 13.2 Å². The zero-order chi connectivity index (χ0) is 17.9. The minimum atomic E-state index is -0.879. The van der Waals surface area contributed by atoms with Crippen LogP contribution in [0.15, 0.2) is 30.5 Å². The second kappa shape index (κ2) is 7.27. The first kappa shape index (κ1) is 17.5. The van der Waals surface area contributed by atoms with Crippen molar-refractivity contribution in [2.24, 2.45) is 5.41 Å². The molecule has 0 spiro atoms. The minimum absolute atomic E-state index is 0.0581. The van der Waals surface area contributed by atoms with Crippen LogP contribution in [-0.2, 0) is 20.9 Å². The first-order valence-electron chi connectivity index (χ1n) is 8.74. The van der Waals surface area contributed by atoms with E-state index in [1.165, 1.54) is 0 Å². The first-order valence-corrected chi connectivity index (χ1v) is 8.74. The van der Waals surface area contributed by atoms with Gasteiger partial charge in [0, 0.05) is 36.0 Å². The van der Waals surface area contributed by atoms with Crippen molar-refractivity contribution in [3.05, 3.63) is 30.5 Å². The monoisotopic (exact) mass is 344 g/mol. The molecule has 0 aliphatic heterocycles. The number of nitrogens with one attached hydrogen (secondary N) is 1. The maximum atomic E-state index is 12.7. The number of carbonyl (C=O) groups is 2. The lowest BCUT2D eigenvalue weighted by molar-refractivity contribution is -0.137. The van der Waals surface area contributed by atoms with Gasteiger partial charge in [-0.25, -0.2) is 0 Å². The van der Waals surface area contributed by atoms with Gasteiger partial charge in [0.2, 0.25) is 5.91 Å². The summed E-state index contributed by atoms with van der Waals surface area (Å²) >= 11 is 0. The maximum absolute atomic E-state index is 12.7. The van der Waals surface area contributed by atoms with Crippen molar-refractivity contribution in [3.63, 3.8) is 0 Å². The van der Waals surface area contributed by atoms with E-state index in [9.17, 15) is 9.59 Å². The van der Waals surface area contributed by atoms with Crippen LogP contribution in [-0.4, -0.2) is 34.8 Å². The van der Waals surface area contributed by atoms with Crippen LogP contribution in [0.25, 0.3) is 10.9 Å². The number of fused-ring (bicyclic) bond motifs is 1. The number of hydrogen-bond donors (Lipinski definition) is 2. The van der Waals surface area contributed by atoms with Crippen molar-refractivity contribution in [2.45, 2.75) is 39.2 Å². The number of rotatable bonds is 8. The summed E-state index contributed by atoms with van der Waals surface area (Å²) in [6.45, 7) is 3.16. The highest BCUT2D eigenvalue weighted by molar-refractivity contribution is 5.98. The van der Waals surface area contributed by atoms with Crippen LogP contribution in [0.2, 0.25) is 0 Å². The van der Waals surface area contributed by atoms with Crippen molar-refractivity contribution in [3.8, 4) is 0 Å². The lowest BCUT2D eigenvalue weighted by atomic mass is 9.66. The Bertz CT molecular complexity index is 777. The average molecular weight is 344 g/mol. The number of anilines is 1. The Balaban J connectivity index is 1.71. The topological polar surface area (TPSA) is 80.6 Å². The van der Waals surface area contributed by atoms with Gasteiger partial charge in [-0.05, 0) is 50.5 Å². The van der Waals surface area contributed by atoms with Gasteiger partial charge in [-0.3, -0.25) is 9.59 Å². The van der Waals surface area contributed by atoms with Gasteiger partial charge in [-0.15, -0.1) is 0 Å². The summed E-state index contributed by atoms with van der Waals surface area (Å²) < 4.78 is 7.11. The largest absolute Gasteiger partial charge is 0.480 e. The molecule has 0 bridgehead atoms. The van der Waals surface area contributed by atoms with Gasteiger partial charge in [-0.2, -0.15) is 0 Å². The van der Waals surface area contributed by atoms with E-state index in [0.717, 1.165) is 42.3 Å². The number of carbonyl (C=O) groups excluding carboxylic acids is 1. The number of nitrogens with zero attached hydrogens (tertiary/aromatic N) is 1. The first-order chi connectivity index (χ1) is 12.0. The fourth-order valence-corrected chi connectivity index (χ4v) is 3.43. The van der Waals surface area contributed by atoms with Crippen LogP contribution in [0, 0.1) is 5.41 Å². The number of aliphatic carboxylic acids is 1. The molecule has 6 heteroatoms. The molecule has 1 fully saturated rings. The molecule has 1 heterocycles. The number of benzene rings is 1. The van der Waals surface area contributed by atoms with Crippen LogP contribution in [0.5, 0.6) is 0 Å². The molecule has 1 aromatic heterocycles. The molecule has 0 atom stereocenters. The lowest BCUT2D eigenvalue weighted by Crippen LogP contribution is -2.42. The molecule has 0 unspecified atom stereocenters. The van der Waals surface area contributed by atoms with Gasteiger partial charge in [0.25, 0.3) is 0 Å². The summed E-state index contributed by atoms with van der Waals surface area (Å²) in [5.41, 5.74) is 1.28. The summed E-state index contributed by atoms with van der Waals surface area (Å²) in [4.78, 5) is 23.6. The highest BCUT2D eigenvalue weighted by Gasteiger charge is 2.43. The van der Waals surface area contributed by atoms with E-state index in [1.54, 1.807) is 10.8 Å². The Labute approximate surface area is 146 Å². The highest BCUT2D eigenvalue weighted by Crippen LogP contribution is 2.45. The molecule has 0 radical (unpaired) electrons. The Morgan fingerprint density at radius 1 is 1.32 bits per heavy atom. The van der Waals surface area contributed by atoms with E-state index >= 15 is 0 Å². The van der Waals surface area contributed by atoms with Crippen molar-refractivity contribution >= 4 is 28.5 Å². The summed E-state index contributed by atoms with van der Waals surface area (Å²) in [5, 5.41) is 12.9. The van der Waals surface area contributed by atoms with Crippen LogP contribution >= 0.6 is 0 Å². The predicted octanol–water partition coefficient (Wildman–Crippen LogP) is 3.26. The quantitative estimate of drug-likeness (QED) is 0.720. The third kappa shape index (κ3) is 3.69. The van der Waals surface area contributed by atoms with Crippen LogP contribution in [0.4, 0.5) is 5.69 Å². The van der Waals surface area contributed by atoms with Gasteiger partial charge in [0.15, 0.2) is 0 Å². The number of amides is 1. The molecule has 25 heavy (non-hydrogen) atoms. The highest BCUT2D eigenvalue weighted by atomic mass is 16.5. The smallest absolute Gasteiger partial charge is 0.323 e. The molecular weight excluding hydrogens is 320 g/mol. The van der Waals surface area contributed by atoms with E-state index in [4.69, 9.17) is 9.84 Å². The number of carboxylic acids is 1. The minimum Gasteiger partial charge on any atom is -0.480 e. The van der Waals surface area contributed by atoms with E-state index in [-0.39, 0.29) is 17.9 Å². The maximum Gasteiger partial charge on any atom is 0.323 e. The second-order valence-corrected chi connectivity index (χ2v) is 6.65. The van der Waals surface area contributed by atoms with Gasteiger partial charge in [-0.1, -0.05) is 6.42 Å². The zero-order valence-electron chi connectivity index (χ0n) is 14.5. The van der Waals surface area contributed by atoms with Gasteiger partial charge >= 0.3 is 5.97 Å². The van der Waals surface area contributed by atoms with E-state index in [1.807, 2.05) is 31.2 Å². The lowest BCUT2D eigenvalue weighted by Gasteiger charge is -2.40. The Morgan fingerprint density at radius 2 is 2.12 bits per heavy atom. The van der Waals surface area contributed by atoms with Crippen molar-refractivity contribution in [2.75, 3.05) is 18.5 Å². The van der Waals surface area contributed by atoms with Crippen molar-refractivity contribution in [1.82, 2.24) is 4.57 Å².